The van der Waals surface area contributed by atoms with Crippen molar-refractivity contribution in [3.63, 3.8) is 0 Å². The second kappa shape index (κ2) is 9.61. The van der Waals surface area contributed by atoms with E-state index in [4.69, 9.17) is 16.3 Å². The first-order valence-electron chi connectivity index (χ1n) is 11.4. The summed E-state index contributed by atoms with van der Waals surface area (Å²) in [6.07, 6.45) is 5.49. The van der Waals surface area contributed by atoms with Crippen LogP contribution in [0.1, 0.15) is 54.4 Å². The van der Waals surface area contributed by atoms with E-state index in [1.807, 2.05) is 39.2 Å². The zero-order valence-corrected chi connectivity index (χ0v) is 19.6. The van der Waals surface area contributed by atoms with Gasteiger partial charge in [-0.25, -0.2) is 0 Å². The van der Waals surface area contributed by atoms with Crippen molar-refractivity contribution < 1.29 is 9.53 Å². The summed E-state index contributed by atoms with van der Waals surface area (Å²) < 4.78 is 7.82. The Morgan fingerprint density at radius 1 is 1.26 bits per heavy atom. The molecule has 2 aliphatic rings. The molecule has 0 unspecified atom stereocenters. The highest BCUT2D eigenvalue weighted by molar-refractivity contribution is 6.31. The molecule has 2 heterocycles. The van der Waals surface area contributed by atoms with E-state index < -0.39 is 0 Å². The van der Waals surface area contributed by atoms with Gasteiger partial charge in [0, 0.05) is 32.2 Å². The minimum Gasteiger partial charge on any atom is -0.490 e. The SMILES string of the molecule is CCc1cc(C(=O)N(C)CC2CC(Oc3ccc(CN4CCCC4)c(Cl)c3)C2)n(C)n1. The third-order valence-corrected chi connectivity index (χ3v) is 6.85. The number of ether oxygens (including phenoxy) is 1. The molecule has 2 aromatic rings. The Morgan fingerprint density at radius 3 is 2.65 bits per heavy atom. The minimum absolute atomic E-state index is 0.0273. The quantitative estimate of drug-likeness (QED) is 0.613. The lowest BCUT2D eigenvalue weighted by molar-refractivity contribution is 0.0415. The summed E-state index contributed by atoms with van der Waals surface area (Å²) in [5.74, 6) is 1.33. The van der Waals surface area contributed by atoms with Gasteiger partial charge < -0.3 is 9.64 Å². The van der Waals surface area contributed by atoms with E-state index in [1.165, 1.54) is 18.4 Å². The normalized spacial score (nSPS) is 21.2. The maximum Gasteiger partial charge on any atom is 0.271 e. The molecular weight excluding hydrogens is 412 g/mol. The van der Waals surface area contributed by atoms with Crippen LogP contribution in [-0.2, 0) is 20.0 Å². The third-order valence-electron chi connectivity index (χ3n) is 6.50. The van der Waals surface area contributed by atoms with Crippen molar-refractivity contribution in [1.29, 1.82) is 0 Å². The Bertz CT molecular complexity index is 916. The molecule has 1 aromatic carbocycles. The fourth-order valence-electron chi connectivity index (χ4n) is 4.59. The van der Waals surface area contributed by atoms with E-state index in [0.29, 0.717) is 11.6 Å². The van der Waals surface area contributed by atoms with Crippen LogP contribution in [0.5, 0.6) is 5.75 Å². The topological polar surface area (TPSA) is 50.6 Å². The second-order valence-electron chi connectivity index (χ2n) is 9.00. The van der Waals surface area contributed by atoms with E-state index in [2.05, 4.69) is 16.1 Å². The molecule has 0 N–H and O–H groups in total. The van der Waals surface area contributed by atoms with Gasteiger partial charge in [-0.2, -0.15) is 5.10 Å². The molecule has 1 aliphatic heterocycles. The van der Waals surface area contributed by atoms with E-state index in [9.17, 15) is 4.79 Å². The maximum atomic E-state index is 12.8. The number of amides is 1. The average molecular weight is 445 g/mol. The summed E-state index contributed by atoms with van der Waals surface area (Å²) in [6.45, 7) is 6.02. The highest BCUT2D eigenvalue weighted by Crippen LogP contribution is 2.33. The first-order chi connectivity index (χ1) is 14.9. The largest absolute Gasteiger partial charge is 0.490 e. The van der Waals surface area contributed by atoms with Crippen molar-refractivity contribution in [2.45, 2.75) is 51.7 Å². The number of halogens is 1. The lowest BCUT2D eigenvalue weighted by Crippen LogP contribution is -2.42. The molecule has 1 aliphatic carbocycles. The molecule has 6 nitrogen and oxygen atoms in total. The summed E-state index contributed by atoms with van der Waals surface area (Å²) in [5.41, 5.74) is 2.76. The van der Waals surface area contributed by atoms with E-state index in [1.54, 1.807) is 9.58 Å². The summed E-state index contributed by atoms with van der Waals surface area (Å²) in [5, 5.41) is 5.17. The number of carbonyl (C=O) groups is 1. The Kier molecular flexibility index (Phi) is 6.87. The molecule has 0 atom stereocenters. The first kappa shape index (κ1) is 22.2. The maximum absolute atomic E-state index is 12.8. The summed E-state index contributed by atoms with van der Waals surface area (Å²) in [4.78, 5) is 17.0. The number of nitrogens with zero attached hydrogens (tertiary/aromatic N) is 4. The summed E-state index contributed by atoms with van der Waals surface area (Å²) in [7, 11) is 3.70. The zero-order valence-electron chi connectivity index (χ0n) is 18.8. The molecule has 1 amide bonds. The van der Waals surface area contributed by atoms with E-state index >= 15 is 0 Å². The number of benzene rings is 1. The lowest BCUT2D eigenvalue weighted by atomic mass is 9.82. The highest BCUT2D eigenvalue weighted by Gasteiger charge is 2.33. The molecule has 0 radical (unpaired) electrons. The standard InChI is InChI=1S/C24H33ClN4O2/c1-4-19-13-23(28(3)26-19)24(30)27(2)15-17-11-21(12-17)31-20-8-7-18(22(25)14-20)16-29-9-5-6-10-29/h7-8,13-14,17,21H,4-6,9-12,15-16H2,1-3H3. The summed E-state index contributed by atoms with van der Waals surface area (Å²) >= 11 is 6.51. The van der Waals surface area contributed by atoms with Gasteiger partial charge in [0.25, 0.3) is 5.91 Å². The van der Waals surface area contributed by atoms with E-state index in [0.717, 1.165) is 61.9 Å². The van der Waals surface area contributed by atoms with Crippen LogP contribution in [-0.4, -0.2) is 58.3 Å². The van der Waals surface area contributed by atoms with Gasteiger partial charge in [-0.1, -0.05) is 24.6 Å². The van der Waals surface area contributed by atoms with Crippen LogP contribution >= 0.6 is 11.6 Å². The predicted molar refractivity (Wildman–Crippen MR) is 123 cm³/mol. The van der Waals surface area contributed by atoms with Crippen molar-refractivity contribution >= 4 is 17.5 Å². The smallest absolute Gasteiger partial charge is 0.271 e. The van der Waals surface area contributed by atoms with Crippen LogP contribution in [0.4, 0.5) is 0 Å². The predicted octanol–water partition coefficient (Wildman–Crippen LogP) is 4.16. The third kappa shape index (κ3) is 5.24. The molecular formula is C24H33ClN4O2. The number of hydrogen-bond donors (Lipinski definition) is 0. The Balaban J connectivity index is 1.24. The van der Waals surface area contributed by atoms with Gasteiger partial charge in [-0.05, 0) is 74.9 Å². The Morgan fingerprint density at radius 2 is 2.00 bits per heavy atom. The molecule has 0 bridgehead atoms. The Labute approximate surface area is 190 Å². The van der Waals surface area contributed by atoms with Crippen molar-refractivity contribution in [2.75, 3.05) is 26.7 Å². The number of likely N-dealkylation sites (tertiary alicyclic amines) is 1. The Hall–Kier alpha value is -2.05. The first-order valence-corrected chi connectivity index (χ1v) is 11.8. The second-order valence-corrected chi connectivity index (χ2v) is 9.40. The monoisotopic (exact) mass is 444 g/mol. The highest BCUT2D eigenvalue weighted by atomic mass is 35.5. The zero-order chi connectivity index (χ0) is 22.0. The summed E-state index contributed by atoms with van der Waals surface area (Å²) in [6, 6.07) is 7.97. The number of hydrogen-bond acceptors (Lipinski definition) is 4. The van der Waals surface area contributed by atoms with Crippen LogP contribution in [0.2, 0.25) is 5.02 Å². The van der Waals surface area contributed by atoms with Gasteiger partial charge in [-0.15, -0.1) is 0 Å². The molecule has 2 fully saturated rings. The minimum atomic E-state index is 0.0273. The van der Waals surface area contributed by atoms with E-state index in [-0.39, 0.29) is 12.0 Å². The van der Waals surface area contributed by atoms with Gasteiger partial charge in [0.1, 0.15) is 11.4 Å². The van der Waals surface area contributed by atoms with Gasteiger partial charge in [0.05, 0.1) is 11.8 Å². The van der Waals surface area contributed by atoms with Crippen molar-refractivity contribution in [1.82, 2.24) is 19.6 Å². The van der Waals surface area contributed by atoms with Crippen LogP contribution in [0.3, 0.4) is 0 Å². The fraction of sp³-hybridized carbons (Fsp3) is 0.583. The number of aromatic nitrogens is 2. The van der Waals surface area contributed by atoms with Crippen LogP contribution in [0.25, 0.3) is 0 Å². The molecule has 168 valence electrons. The molecule has 0 spiro atoms. The number of rotatable bonds is 8. The molecule has 1 saturated carbocycles. The average Bonchev–Trinajstić information content (AvgIpc) is 3.37. The molecule has 1 aromatic heterocycles. The van der Waals surface area contributed by atoms with Crippen LogP contribution < -0.4 is 4.74 Å². The van der Waals surface area contributed by atoms with Crippen molar-refractivity contribution in [2.24, 2.45) is 13.0 Å². The lowest BCUT2D eigenvalue weighted by Gasteiger charge is -2.37. The van der Waals surface area contributed by atoms with Gasteiger partial charge >= 0.3 is 0 Å². The molecule has 4 rings (SSSR count). The number of aryl methyl sites for hydroxylation is 2. The van der Waals surface area contributed by atoms with Crippen LogP contribution in [0.15, 0.2) is 24.3 Å². The van der Waals surface area contributed by atoms with Crippen LogP contribution in [0, 0.1) is 5.92 Å². The molecule has 31 heavy (non-hydrogen) atoms. The fourth-order valence-corrected chi connectivity index (χ4v) is 4.82. The molecule has 1 saturated heterocycles. The van der Waals surface area contributed by atoms with Crippen molar-refractivity contribution in [3.8, 4) is 5.75 Å². The van der Waals surface area contributed by atoms with Gasteiger partial charge in [-0.3, -0.25) is 14.4 Å². The molecule has 7 heteroatoms. The number of carbonyl (C=O) groups excluding carboxylic acids is 1. The van der Waals surface area contributed by atoms with Gasteiger partial charge in [0.2, 0.25) is 0 Å². The van der Waals surface area contributed by atoms with Crippen molar-refractivity contribution in [3.05, 3.63) is 46.2 Å². The van der Waals surface area contributed by atoms with Gasteiger partial charge in [0.15, 0.2) is 0 Å².